The van der Waals surface area contributed by atoms with Gasteiger partial charge in [-0.2, -0.15) is 12.6 Å². The molecule has 1 amide bonds. The SMILES string of the molecule is CCOCCN(CCOCC)C(=O)CS. The van der Waals surface area contributed by atoms with Crippen LogP contribution in [0.15, 0.2) is 0 Å². The summed E-state index contributed by atoms with van der Waals surface area (Å²) in [5.74, 6) is 0.260. The molecule has 0 aliphatic heterocycles. The molecule has 0 saturated heterocycles. The summed E-state index contributed by atoms with van der Waals surface area (Å²) in [6.07, 6.45) is 0. The van der Waals surface area contributed by atoms with E-state index in [0.717, 1.165) is 0 Å². The molecule has 90 valence electrons. The van der Waals surface area contributed by atoms with Gasteiger partial charge < -0.3 is 14.4 Å². The van der Waals surface area contributed by atoms with Crippen molar-refractivity contribution in [3.8, 4) is 0 Å². The standard InChI is InChI=1S/C10H21NO3S/c1-3-13-7-5-11(10(12)9-15)6-8-14-4-2/h15H,3-9H2,1-2H3. The summed E-state index contributed by atoms with van der Waals surface area (Å²) in [4.78, 5) is 13.2. The number of amides is 1. The predicted molar refractivity (Wildman–Crippen MR) is 63.4 cm³/mol. The zero-order valence-corrected chi connectivity index (χ0v) is 10.5. The van der Waals surface area contributed by atoms with E-state index in [2.05, 4.69) is 12.6 Å². The second-order valence-electron chi connectivity index (χ2n) is 2.93. The van der Waals surface area contributed by atoms with Gasteiger partial charge in [-0.1, -0.05) is 0 Å². The van der Waals surface area contributed by atoms with E-state index in [4.69, 9.17) is 9.47 Å². The third-order valence-corrected chi connectivity index (χ3v) is 2.18. The van der Waals surface area contributed by atoms with Crippen molar-refractivity contribution in [3.63, 3.8) is 0 Å². The van der Waals surface area contributed by atoms with Gasteiger partial charge >= 0.3 is 0 Å². The van der Waals surface area contributed by atoms with Crippen LogP contribution in [0, 0.1) is 0 Å². The molecule has 0 N–H and O–H groups in total. The van der Waals surface area contributed by atoms with Crippen molar-refractivity contribution in [1.29, 1.82) is 0 Å². The highest BCUT2D eigenvalue weighted by molar-refractivity contribution is 7.81. The zero-order valence-electron chi connectivity index (χ0n) is 9.57. The fourth-order valence-corrected chi connectivity index (χ4v) is 1.30. The topological polar surface area (TPSA) is 38.8 Å². The van der Waals surface area contributed by atoms with Crippen LogP contribution in [0.1, 0.15) is 13.8 Å². The Balaban J connectivity index is 3.79. The molecular formula is C10H21NO3S. The Labute approximate surface area is 97.3 Å². The van der Waals surface area contributed by atoms with Crippen molar-refractivity contribution < 1.29 is 14.3 Å². The molecule has 0 radical (unpaired) electrons. The van der Waals surface area contributed by atoms with Crippen LogP contribution in [0.4, 0.5) is 0 Å². The molecule has 0 rings (SSSR count). The van der Waals surface area contributed by atoms with E-state index >= 15 is 0 Å². The highest BCUT2D eigenvalue weighted by Gasteiger charge is 2.10. The van der Waals surface area contributed by atoms with E-state index in [1.807, 2.05) is 13.8 Å². The third kappa shape index (κ3) is 7.64. The number of nitrogens with zero attached hydrogens (tertiary/aromatic N) is 1. The molecule has 0 atom stereocenters. The van der Waals surface area contributed by atoms with Crippen molar-refractivity contribution in [2.24, 2.45) is 0 Å². The molecule has 4 nitrogen and oxygen atoms in total. The van der Waals surface area contributed by atoms with Gasteiger partial charge in [-0.3, -0.25) is 4.79 Å². The molecule has 0 saturated carbocycles. The van der Waals surface area contributed by atoms with Crippen LogP contribution in [-0.4, -0.2) is 56.1 Å². The Hall–Kier alpha value is -0.260. The lowest BCUT2D eigenvalue weighted by Gasteiger charge is -2.21. The Morgan fingerprint density at radius 3 is 1.93 bits per heavy atom. The minimum atomic E-state index is 0.0257. The van der Waals surface area contributed by atoms with Gasteiger partial charge in [0, 0.05) is 26.3 Å². The molecule has 0 aliphatic rings. The number of ether oxygens (including phenoxy) is 2. The zero-order chi connectivity index (χ0) is 11.5. The molecule has 0 aromatic rings. The predicted octanol–water partition coefficient (Wildman–Crippen LogP) is 0.818. The van der Waals surface area contributed by atoms with Gasteiger partial charge in [0.1, 0.15) is 0 Å². The lowest BCUT2D eigenvalue weighted by Crippen LogP contribution is -2.37. The Bertz CT molecular complexity index is 157. The highest BCUT2D eigenvalue weighted by atomic mass is 32.1. The van der Waals surface area contributed by atoms with Crippen LogP contribution in [-0.2, 0) is 14.3 Å². The minimum Gasteiger partial charge on any atom is -0.380 e. The van der Waals surface area contributed by atoms with E-state index in [1.54, 1.807) is 4.90 Å². The molecule has 0 unspecified atom stereocenters. The van der Waals surface area contributed by atoms with E-state index in [9.17, 15) is 4.79 Å². The summed E-state index contributed by atoms with van der Waals surface area (Å²) in [5, 5.41) is 0. The van der Waals surface area contributed by atoms with Crippen LogP contribution in [0.5, 0.6) is 0 Å². The summed E-state index contributed by atoms with van der Waals surface area (Å²) < 4.78 is 10.4. The van der Waals surface area contributed by atoms with Crippen LogP contribution in [0.2, 0.25) is 0 Å². The van der Waals surface area contributed by atoms with Crippen LogP contribution in [0.25, 0.3) is 0 Å². The molecule has 0 aromatic heterocycles. The quantitative estimate of drug-likeness (QED) is 0.475. The number of carbonyl (C=O) groups is 1. The molecule has 15 heavy (non-hydrogen) atoms. The minimum absolute atomic E-state index is 0.0257. The van der Waals surface area contributed by atoms with Crippen LogP contribution < -0.4 is 0 Å². The molecule has 0 aliphatic carbocycles. The average Bonchev–Trinajstić information content (AvgIpc) is 2.26. The first kappa shape index (κ1) is 14.7. The summed E-state index contributed by atoms with van der Waals surface area (Å²) in [5.41, 5.74) is 0. The number of thiol groups is 1. The van der Waals surface area contributed by atoms with Crippen molar-refractivity contribution in [1.82, 2.24) is 4.90 Å². The number of rotatable bonds is 9. The van der Waals surface area contributed by atoms with Gasteiger partial charge in [0.25, 0.3) is 0 Å². The third-order valence-electron chi connectivity index (χ3n) is 1.91. The molecular weight excluding hydrogens is 214 g/mol. The number of hydrogen-bond donors (Lipinski definition) is 1. The number of hydrogen-bond acceptors (Lipinski definition) is 4. The van der Waals surface area contributed by atoms with Crippen molar-refractivity contribution in [2.75, 3.05) is 45.3 Å². The Kier molecular flexibility index (Phi) is 10.1. The van der Waals surface area contributed by atoms with Crippen LogP contribution >= 0.6 is 12.6 Å². The maximum absolute atomic E-state index is 11.4. The van der Waals surface area contributed by atoms with Gasteiger partial charge in [0.2, 0.25) is 5.91 Å². The lowest BCUT2D eigenvalue weighted by molar-refractivity contribution is -0.129. The summed E-state index contributed by atoms with van der Waals surface area (Å²) >= 11 is 3.97. The molecule has 5 heteroatoms. The van der Waals surface area contributed by atoms with E-state index in [-0.39, 0.29) is 11.7 Å². The molecule has 0 fully saturated rings. The molecule has 0 bridgehead atoms. The maximum atomic E-state index is 11.4. The molecule has 0 spiro atoms. The van der Waals surface area contributed by atoms with E-state index in [0.29, 0.717) is 39.5 Å². The summed E-state index contributed by atoms with van der Waals surface area (Å²) in [6, 6.07) is 0. The largest absolute Gasteiger partial charge is 0.380 e. The van der Waals surface area contributed by atoms with Gasteiger partial charge in [-0.05, 0) is 13.8 Å². The second-order valence-corrected chi connectivity index (χ2v) is 3.25. The van der Waals surface area contributed by atoms with Crippen molar-refractivity contribution in [3.05, 3.63) is 0 Å². The lowest BCUT2D eigenvalue weighted by atomic mass is 10.4. The number of carbonyl (C=O) groups excluding carboxylic acids is 1. The van der Waals surface area contributed by atoms with Gasteiger partial charge in [-0.25, -0.2) is 0 Å². The van der Waals surface area contributed by atoms with E-state index in [1.165, 1.54) is 0 Å². The maximum Gasteiger partial charge on any atom is 0.232 e. The van der Waals surface area contributed by atoms with Gasteiger partial charge in [0.15, 0.2) is 0 Å². The Morgan fingerprint density at radius 1 is 1.13 bits per heavy atom. The first-order chi connectivity index (χ1) is 7.26. The Morgan fingerprint density at radius 2 is 1.60 bits per heavy atom. The summed E-state index contributed by atoms with van der Waals surface area (Å²) in [6.45, 7) is 7.59. The van der Waals surface area contributed by atoms with Crippen molar-refractivity contribution in [2.45, 2.75) is 13.8 Å². The first-order valence-electron chi connectivity index (χ1n) is 5.30. The first-order valence-corrected chi connectivity index (χ1v) is 5.93. The molecule has 0 heterocycles. The van der Waals surface area contributed by atoms with Crippen LogP contribution in [0.3, 0.4) is 0 Å². The highest BCUT2D eigenvalue weighted by Crippen LogP contribution is 1.93. The normalized spacial score (nSPS) is 10.3. The second kappa shape index (κ2) is 10.3. The fourth-order valence-electron chi connectivity index (χ4n) is 1.10. The average molecular weight is 235 g/mol. The monoisotopic (exact) mass is 235 g/mol. The fraction of sp³-hybridized carbons (Fsp3) is 0.900. The van der Waals surface area contributed by atoms with Gasteiger partial charge in [0.05, 0.1) is 19.0 Å². The van der Waals surface area contributed by atoms with E-state index < -0.39 is 0 Å². The summed E-state index contributed by atoms with van der Waals surface area (Å²) in [7, 11) is 0. The van der Waals surface area contributed by atoms with Crippen molar-refractivity contribution >= 4 is 18.5 Å². The molecule has 0 aromatic carbocycles. The van der Waals surface area contributed by atoms with Gasteiger partial charge in [-0.15, -0.1) is 0 Å². The smallest absolute Gasteiger partial charge is 0.232 e.